The summed E-state index contributed by atoms with van der Waals surface area (Å²) in [7, 11) is 2.89. The maximum Gasteiger partial charge on any atom is 0.307 e. The standard InChI is InChI=1S/C14H25NO4/c1-18-11-13(16)15(10-9-14(17)19-2)12-7-5-3-4-6-8-12/h12H,3-11H2,1-2H3. The molecule has 110 valence electrons. The Morgan fingerprint density at radius 1 is 1.11 bits per heavy atom. The van der Waals surface area contributed by atoms with Crippen molar-refractivity contribution in [2.24, 2.45) is 0 Å². The van der Waals surface area contributed by atoms with E-state index in [1.165, 1.54) is 27.1 Å². The Hall–Kier alpha value is -1.10. The molecule has 0 heterocycles. The number of carbonyl (C=O) groups is 2. The van der Waals surface area contributed by atoms with Gasteiger partial charge in [-0.05, 0) is 12.8 Å². The third kappa shape index (κ3) is 5.59. The fourth-order valence-electron chi connectivity index (χ4n) is 2.60. The number of esters is 1. The van der Waals surface area contributed by atoms with E-state index in [9.17, 15) is 9.59 Å². The van der Waals surface area contributed by atoms with Crippen LogP contribution in [0.2, 0.25) is 0 Å². The topological polar surface area (TPSA) is 55.8 Å². The van der Waals surface area contributed by atoms with Crippen LogP contribution in [-0.2, 0) is 19.1 Å². The Balaban J connectivity index is 2.60. The molecule has 0 bridgehead atoms. The van der Waals surface area contributed by atoms with Gasteiger partial charge in [-0.25, -0.2) is 0 Å². The van der Waals surface area contributed by atoms with Crippen LogP contribution < -0.4 is 0 Å². The minimum atomic E-state index is -0.274. The molecule has 1 fully saturated rings. The fourth-order valence-corrected chi connectivity index (χ4v) is 2.60. The van der Waals surface area contributed by atoms with Gasteiger partial charge in [0.2, 0.25) is 5.91 Å². The van der Waals surface area contributed by atoms with Crippen LogP contribution in [-0.4, -0.2) is 50.2 Å². The van der Waals surface area contributed by atoms with Crippen molar-refractivity contribution in [2.45, 2.75) is 51.0 Å². The second-order valence-electron chi connectivity index (χ2n) is 4.99. The fraction of sp³-hybridized carbons (Fsp3) is 0.857. The molecule has 0 spiro atoms. The van der Waals surface area contributed by atoms with Crippen LogP contribution in [0.5, 0.6) is 0 Å². The van der Waals surface area contributed by atoms with Crippen LogP contribution in [0, 0.1) is 0 Å². The van der Waals surface area contributed by atoms with Crippen molar-refractivity contribution in [1.82, 2.24) is 4.90 Å². The van der Waals surface area contributed by atoms with E-state index < -0.39 is 0 Å². The van der Waals surface area contributed by atoms with Crippen molar-refractivity contribution in [1.29, 1.82) is 0 Å². The van der Waals surface area contributed by atoms with E-state index in [4.69, 9.17) is 4.74 Å². The molecular weight excluding hydrogens is 246 g/mol. The number of amides is 1. The summed E-state index contributed by atoms with van der Waals surface area (Å²) in [6, 6.07) is 0.245. The molecule has 0 saturated heterocycles. The lowest BCUT2D eigenvalue weighted by Crippen LogP contribution is -2.43. The van der Waals surface area contributed by atoms with Crippen LogP contribution in [0.3, 0.4) is 0 Å². The second kappa shape index (κ2) is 8.91. The number of hydrogen-bond donors (Lipinski definition) is 0. The van der Waals surface area contributed by atoms with Gasteiger partial charge in [-0.2, -0.15) is 0 Å². The highest BCUT2D eigenvalue weighted by molar-refractivity contribution is 5.78. The van der Waals surface area contributed by atoms with Crippen LogP contribution in [0.1, 0.15) is 44.9 Å². The van der Waals surface area contributed by atoms with E-state index in [0.29, 0.717) is 6.54 Å². The highest BCUT2D eigenvalue weighted by Gasteiger charge is 2.24. The zero-order valence-electron chi connectivity index (χ0n) is 12.0. The van der Waals surface area contributed by atoms with E-state index in [2.05, 4.69) is 4.74 Å². The Morgan fingerprint density at radius 3 is 2.26 bits per heavy atom. The van der Waals surface area contributed by atoms with Crippen molar-refractivity contribution in [3.05, 3.63) is 0 Å². The van der Waals surface area contributed by atoms with Crippen molar-refractivity contribution >= 4 is 11.9 Å². The van der Waals surface area contributed by atoms with Crippen LogP contribution in [0.15, 0.2) is 0 Å². The van der Waals surface area contributed by atoms with Gasteiger partial charge in [-0.3, -0.25) is 9.59 Å². The molecule has 5 heteroatoms. The molecule has 1 aliphatic rings. The molecule has 0 N–H and O–H groups in total. The van der Waals surface area contributed by atoms with Crippen molar-refractivity contribution < 1.29 is 19.1 Å². The number of nitrogens with zero attached hydrogens (tertiary/aromatic N) is 1. The largest absolute Gasteiger partial charge is 0.469 e. The van der Waals surface area contributed by atoms with Gasteiger partial charge in [-0.15, -0.1) is 0 Å². The van der Waals surface area contributed by atoms with Gasteiger partial charge in [0.05, 0.1) is 13.5 Å². The Labute approximate surface area is 115 Å². The Kier molecular flexibility index (Phi) is 7.48. The number of hydrogen-bond acceptors (Lipinski definition) is 4. The van der Waals surface area contributed by atoms with Crippen LogP contribution in [0.4, 0.5) is 0 Å². The molecule has 1 saturated carbocycles. The van der Waals surface area contributed by atoms with Crippen LogP contribution in [0.25, 0.3) is 0 Å². The first-order chi connectivity index (χ1) is 9.19. The molecule has 0 aromatic carbocycles. The smallest absolute Gasteiger partial charge is 0.307 e. The number of ether oxygens (including phenoxy) is 2. The first kappa shape index (κ1) is 16.0. The number of carbonyl (C=O) groups excluding carboxylic acids is 2. The third-order valence-electron chi connectivity index (χ3n) is 3.64. The van der Waals surface area contributed by atoms with Gasteiger partial charge in [-0.1, -0.05) is 25.7 Å². The minimum absolute atomic E-state index is 0.0293. The molecule has 1 aliphatic carbocycles. The molecule has 0 radical (unpaired) electrons. The summed E-state index contributed by atoms with van der Waals surface area (Å²) in [6.07, 6.45) is 7.08. The molecule has 0 aromatic rings. The predicted octanol–water partition coefficient (Wildman–Crippen LogP) is 1.75. The van der Waals surface area contributed by atoms with Gasteiger partial charge in [0, 0.05) is 19.7 Å². The highest BCUT2D eigenvalue weighted by atomic mass is 16.5. The monoisotopic (exact) mass is 271 g/mol. The third-order valence-corrected chi connectivity index (χ3v) is 3.64. The number of rotatable bonds is 6. The maximum atomic E-state index is 12.1. The van der Waals surface area contributed by atoms with E-state index in [1.807, 2.05) is 4.90 Å². The molecule has 0 aromatic heterocycles. The quantitative estimate of drug-likeness (QED) is 0.545. The maximum absolute atomic E-state index is 12.1. The molecule has 0 unspecified atom stereocenters. The van der Waals surface area contributed by atoms with E-state index >= 15 is 0 Å². The summed E-state index contributed by atoms with van der Waals surface area (Å²) in [5.41, 5.74) is 0. The van der Waals surface area contributed by atoms with Crippen LogP contribution >= 0.6 is 0 Å². The van der Waals surface area contributed by atoms with Crippen molar-refractivity contribution in [2.75, 3.05) is 27.4 Å². The summed E-state index contributed by atoms with van der Waals surface area (Å²) < 4.78 is 9.58. The van der Waals surface area contributed by atoms with Gasteiger partial charge in [0.15, 0.2) is 0 Å². The summed E-state index contributed by atoms with van der Waals surface area (Å²) in [5.74, 6) is -0.304. The zero-order chi connectivity index (χ0) is 14.1. The first-order valence-electron chi connectivity index (χ1n) is 7.04. The Bertz CT molecular complexity index is 285. The molecule has 19 heavy (non-hydrogen) atoms. The highest BCUT2D eigenvalue weighted by Crippen LogP contribution is 2.22. The minimum Gasteiger partial charge on any atom is -0.469 e. The summed E-state index contributed by atoms with van der Waals surface area (Å²) in [4.78, 5) is 25.2. The normalized spacial score (nSPS) is 16.7. The molecular formula is C14H25NO4. The summed E-state index contributed by atoms with van der Waals surface area (Å²) in [5, 5.41) is 0. The Morgan fingerprint density at radius 2 is 1.74 bits per heavy atom. The predicted molar refractivity (Wildman–Crippen MR) is 71.7 cm³/mol. The SMILES string of the molecule is COCC(=O)N(CCC(=O)OC)C1CCCCCC1. The molecule has 1 rings (SSSR count). The lowest BCUT2D eigenvalue weighted by atomic mass is 10.1. The molecule has 0 atom stereocenters. The van der Waals surface area contributed by atoms with E-state index in [1.54, 1.807) is 0 Å². The van der Waals surface area contributed by atoms with Crippen molar-refractivity contribution in [3.63, 3.8) is 0 Å². The van der Waals surface area contributed by atoms with Gasteiger partial charge < -0.3 is 14.4 Å². The van der Waals surface area contributed by atoms with Gasteiger partial charge in [0.25, 0.3) is 0 Å². The lowest BCUT2D eigenvalue weighted by Gasteiger charge is -2.31. The molecule has 5 nitrogen and oxygen atoms in total. The number of methoxy groups -OCH3 is 2. The average Bonchev–Trinajstić information content (AvgIpc) is 2.68. The van der Waals surface area contributed by atoms with Crippen molar-refractivity contribution in [3.8, 4) is 0 Å². The molecule has 0 aliphatic heterocycles. The first-order valence-corrected chi connectivity index (χ1v) is 7.04. The zero-order valence-corrected chi connectivity index (χ0v) is 12.0. The van der Waals surface area contributed by atoms with E-state index in [-0.39, 0.29) is 30.9 Å². The van der Waals surface area contributed by atoms with Gasteiger partial charge >= 0.3 is 5.97 Å². The summed E-state index contributed by atoms with van der Waals surface area (Å²) in [6.45, 7) is 0.511. The average molecular weight is 271 g/mol. The second-order valence-corrected chi connectivity index (χ2v) is 4.99. The van der Waals surface area contributed by atoms with Gasteiger partial charge in [0.1, 0.15) is 6.61 Å². The lowest BCUT2D eigenvalue weighted by molar-refractivity contribution is -0.143. The van der Waals surface area contributed by atoms with E-state index in [0.717, 1.165) is 25.7 Å². The molecule has 1 amide bonds. The summed E-state index contributed by atoms with van der Waals surface area (Å²) >= 11 is 0.